The molecule has 1 heterocycles. The Morgan fingerprint density at radius 2 is 2.24 bits per heavy atom. The summed E-state index contributed by atoms with van der Waals surface area (Å²) < 4.78 is 13.7. The van der Waals surface area contributed by atoms with Crippen LogP contribution in [0, 0.1) is 5.82 Å². The van der Waals surface area contributed by atoms with Crippen molar-refractivity contribution in [2.75, 3.05) is 6.54 Å². The van der Waals surface area contributed by atoms with Crippen LogP contribution in [0.3, 0.4) is 0 Å². The van der Waals surface area contributed by atoms with Crippen molar-refractivity contribution in [3.63, 3.8) is 0 Å². The van der Waals surface area contributed by atoms with Crippen LogP contribution in [0.4, 0.5) is 4.39 Å². The number of hydrogen-bond acceptors (Lipinski definition) is 1. The Labute approximate surface area is 105 Å². The Balaban J connectivity index is 2.24. The van der Waals surface area contributed by atoms with E-state index in [-0.39, 0.29) is 17.5 Å². The van der Waals surface area contributed by atoms with Gasteiger partial charge in [-0.05, 0) is 44.4 Å². The number of nitrogens with zero attached hydrogens (tertiary/aromatic N) is 1. The fraction of sp³-hybridized carbons (Fsp3) is 0.462. The van der Waals surface area contributed by atoms with Crippen LogP contribution in [-0.2, 0) is 0 Å². The normalized spacial score (nSPS) is 20.4. The first-order chi connectivity index (χ1) is 8.09. The predicted molar refractivity (Wildman–Crippen MR) is 65.8 cm³/mol. The summed E-state index contributed by atoms with van der Waals surface area (Å²) in [5.41, 5.74) is 0.114. The number of benzene rings is 1. The fourth-order valence-corrected chi connectivity index (χ4v) is 2.38. The quantitative estimate of drug-likeness (QED) is 0.752. The van der Waals surface area contributed by atoms with Crippen molar-refractivity contribution in [3.05, 3.63) is 34.6 Å². The average molecular weight is 256 g/mol. The molecule has 1 aliphatic rings. The number of hydrogen-bond donors (Lipinski definition) is 0. The first-order valence-electron chi connectivity index (χ1n) is 5.85. The Kier molecular flexibility index (Phi) is 3.67. The topological polar surface area (TPSA) is 20.3 Å². The van der Waals surface area contributed by atoms with Gasteiger partial charge in [-0.25, -0.2) is 4.39 Å². The first-order valence-corrected chi connectivity index (χ1v) is 6.23. The van der Waals surface area contributed by atoms with E-state index in [9.17, 15) is 9.18 Å². The number of halogens is 2. The summed E-state index contributed by atoms with van der Waals surface area (Å²) in [4.78, 5) is 13.9. The monoisotopic (exact) mass is 255 g/mol. The van der Waals surface area contributed by atoms with Gasteiger partial charge in [0.2, 0.25) is 0 Å². The third kappa shape index (κ3) is 2.60. The van der Waals surface area contributed by atoms with Crippen LogP contribution in [0.1, 0.15) is 36.5 Å². The molecule has 1 aromatic rings. The van der Waals surface area contributed by atoms with E-state index in [1.165, 1.54) is 12.1 Å². The first kappa shape index (κ1) is 12.4. The summed E-state index contributed by atoms with van der Waals surface area (Å²) in [5, 5.41) is 0.311. The van der Waals surface area contributed by atoms with E-state index in [0.717, 1.165) is 19.3 Å². The lowest BCUT2D eigenvalue weighted by atomic mass is 10.0. The summed E-state index contributed by atoms with van der Waals surface area (Å²) in [6.07, 6.45) is 3.11. The molecule has 1 unspecified atom stereocenters. The van der Waals surface area contributed by atoms with Crippen LogP contribution >= 0.6 is 11.6 Å². The lowest BCUT2D eigenvalue weighted by Crippen LogP contribution is -2.42. The molecule has 0 bridgehead atoms. The molecule has 0 aromatic heterocycles. The molecule has 1 fully saturated rings. The fourth-order valence-electron chi connectivity index (χ4n) is 2.22. The van der Waals surface area contributed by atoms with Crippen LogP contribution in [0.2, 0.25) is 5.02 Å². The molecule has 17 heavy (non-hydrogen) atoms. The van der Waals surface area contributed by atoms with Gasteiger partial charge in [0.25, 0.3) is 5.91 Å². The number of carbonyl (C=O) groups is 1. The SMILES string of the molecule is CC1CCCCN1C(=O)c1ccc(Cl)cc1F. The second-order valence-corrected chi connectivity index (χ2v) is 4.90. The van der Waals surface area contributed by atoms with Gasteiger partial charge in [0.05, 0.1) is 5.56 Å². The minimum Gasteiger partial charge on any atom is -0.336 e. The third-order valence-corrected chi connectivity index (χ3v) is 3.46. The van der Waals surface area contributed by atoms with E-state index in [0.29, 0.717) is 11.6 Å². The van der Waals surface area contributed by atoms with Crippen molar-refractivity contribution in [1.82, 2.24) is 4.90 Å². The highest BCUT2D eigenvalue weighted by Gasteiger charge is 2.25. The van der Waals surface area contributed by atoms with E-state index >= 15 is 0 Å². The third-order valence-electron chi connectivity index (χ3n) is 3.23. The van der Waals surface area contributed by atoms with Crippen molar-refractivity contribution in [3.8, 4) is 0 Å². The van der Waals surface area contributed by atoms with Crippen LogP contribution in [0.25, 0.3) is 0 Å². The zero-order valence-electron chi connectivity index (χ0n) is 9.75. The molecule has 1 aliphatic heterocycles. The number of carbonyl (C=O) groups excluding carboxylic acids is 1. The van der Waals surface area contributed by atoms with Crippen molar-refractivity contribution >= 4 is 17.5 Å². The van der Waals surface area contributed by atoms with Crippen LogP contribution in [-0.4, -0.2) is 23.4 Å². The highest BCUT2D eigenvalue weighted by atomic mass is 35.5. The average Bonchev–Trinajstić information content (AvgIpc) is 2.29. The van der Waals surface area contributed by atoms with Crippen LogP contribution in [0.5, 0.6) is 0 Å². The maximum absolute atomic E-state index is 13.7. The van der Waals surface area contributed by atoms with E-state index in [4.69, 9.17) is 11.6 Å². The minimum absolute atomic E-state index is 0.114. The summed E-state index contributed by atoms with van der Waals surface area (Å²) in [5.74, 6) is -0.772. The highest BCUT2D eigenvalue weighted by molar-refractivity contribution is 6.30. The Morgan fingerprint density at radius 3 is 2.88 bits per heavy atom. The second-order valence-electron chi connectivity index (χ2n) is 4.47. The smallest absolute Gasteiger partial charge is 0.257 e. The molecule has 2 rings (SSSR count). The van der Waals surface area contributed by atoms with Crippen molar-refractivity contribution < 1.29 is 9.18 Å². The van der Waals surface area contributed by atoms with E-state index in [1.54, 1.807) is 11.0 Å². The lowest BCUT2D eigenvalue weighted by molar-refractivity contribution is 0.0631. The lowest BCUT2D eigenvalue weighted by Gasteiger charge is -2.33. The van der Waals surface area contributed by atoms with Crippen molar-refractivity contribution in [2.45, 2.75) is 32.2 Å². The van der Waals surface area contributed by atoms with E-state index in [2.05, 4.69) is 0 Å². The summed E-state index contributed by atoms with van der Waals surface area (Å²) in [6, 6.07) is 4.38. The van der Waals surface area contributed by atoms with Gasteiger partial charge in [-0.15, -0.1) is 0 Å². The van der Waals surface area contributed by atoms with Gasteiger partial charge in [0.1, 0.15) is 5.82 Å². The van der Waals surface area contributed by atoms with E-state index in [1.807, 2.05) is 6.92 Å². The largest absolute Gasteiger partial charge is 0.336 e. The zero-order valence-corrected chi connectivity index (χ0v) is 10.5. The predicted octanol–water partition coefficient (Wildman–Crippen LogP) is 3.49. The Bertz CT molecular complexity index is 435. The molecule has 1 saturated heterocycles. The van der Waals surface area contributed by atoms with Gasteiger partial charge >= 0.3 is 0 Å². The molecule has 2 nitrogen and oxygen atoms in total. The van der Waals surface area contributed by atoms with E-state index < -0.39 is 5.82 Å². The minimum atomic E-state index is -0.541. The maximum Gasteiger partial charge on any atom is 0.257 e. The molecule has 0 spiro atoms. The number of piperidine rings is 1. The van der Waals surface area contributed by atoms with Crippen LogP contribution in [0.15, 0.2) is 18.2 Å². The molecular formula is C13H15ClFNO. The Morgan fingerprint density at radius 1 is 1.47 bits per heavy atom. The molecule has 0 aliphatic carbocycles. The standard InChI is InChI=1S/C13H15ClFNO/c1-9-4-2-3-7-16(9)13(17)11-6-5-10(14)8-12(11)15/h5-6,8-9H,2-4,7H2,1H3. The number of likely N-dealkylation sites (tertiary alicyclic amines) is 1. The van der Waals surface area contributed by atoms with Gasteiger partial charge in [0, 0.05) is 17.6 Å². The van der Waals surface area contributed by atoms with Gasteiger partial charge in [-0.3, -0.25) is 4.79 Å². The van der Waals surface area contributed by atoms with Gasteiger partial charge < -0.3 is 4.90 Å². The molecule has 92 valence electrons. The molecular weight excluding hydrogens is 241 g/mol. The number of rotatable bonds is 1. The molecule has 0 N–H and O–H groups in total. The summed E-state index contributed by atoms with van der Waals surface area (Å²) in [6.45, 7) is 2.72. The molecule has 4 heteroatoms. The maximum atomic E-state index is 13.7. The highest BCUT2D eigenvalue weighted by Crippen LogP contribution is 2.22. The summed E-state index contributed by atoms with van der Waals surface area (Å²) in [7, 11) is 0. The van der Waals surface area contributed by atoms with Crippen LogP contribution < -0.4 is 0 Å². The molecule has 1 aromatic carbocycles. The molecule has 0 radical (unpaired) electrons. The molecule has 0 saturated carbocycles. The van der Waals surface area contributed by atoms with Crippen molar-refractivity contribution in [2.24, 2.45) is 0 Å². The molecule has 1 amide bonds. The molecule has 1 atom stereocenters. The second kappa shape index (κ2) is 5.05. The Hall–Kier alpha value is -1.09. The van der Waals surface area contributed by atoms with Crippen molar-refractivity contribution in [1.29, 1.82) is 0 Å². The van der Waals surface area contributed by atoms with Gasteiger partial charge in [-0.1, -0.05) is 11.6 Å². The summed E-state index contributed by atoms with van der Waals surface area (Å²) >= 11 is 5.67. The van der Waals surface area contributed by atoms with Gasteiger partial charge in [0.15, 0.2) is 0 Å². The van der Waals surface area contributed by atoms with Gasteiger partial charge in [-0.2, -0.15) is 0 Å². The zero-order chi connectivity index (χ0) is 12.4. The number of amides is 1.